The summed E-state index contributed by atoms with van der Waals surface area (Å²) in [6, 6.07) is 2.01. The van der Waals surface area contributed by atoms with Crippen LogP contribution in [-0.4, -0.2) is 49.4 Å². The van der Waals surface area contributed by atoms with Gasteiger partial charge in [-0.3, -0.25) is 9.36 Å². The molecule has 1 saturated heterocycles. The van der Waals surface area contributed by atoms with Crippen molar-refractivity contribution in [2.45, 2.75) is 44.9 Å². The third-order valence-corrected chi connectivity index (χ3v) is 6.02. The van der Waals surface area contributed by atoms with E-state index in [-0.39, 0.29) is 23.4 Å². The Labute approximate surface area is 175 Å². The molecule has 4 rings (SSSR count). The third-order valence-electron chi connectivity index (χ3n) is 5.79. The zero-order valence-corrected chi connectivity index (χ0v) is 17.0. The minimum absolute atomic E-state index is 0.0129. The minimum atomic E-state index is -4.47. The molecule has 2 aliphatic rings. The van der Waals surface area contributed by atoms with Gasteiger partial charge in [-0.15, -0.1) is 0 Å². The van der Waals surface area contributed by atoms with Crippen molar-refractivity contribution in [3.63, 3.8) is 0 Å². The van der Waals surface area contributed by atoms with Crippen molar-refractivity contribution in [2.75, 3.05) is 13.1 Å². The lowest BCUT2D eigenvalue weighted by Gasteiger charge is -2.32. The number of hydrogen-bond acceptors (Lipinski definition) is 4. The molecule has 0 spiro atoms. The molecule has 11 heteroatoms. The molecule has 162 valence electrons. The fourth-order valence-electron chi connectivity index (χ4n) is 4.18. The standard InChI is InChI=1S/C19H21ClF3N5O2/c1-11-4-5-26(9-11)17(29)14-6-13(19(21,22)23)7-16-25-27(18(30)28(14)16)10-12-2-3-15(20)24-8-12/h2-3,8,11,13-14H,4-7,9-10H2,1H3/t11-,13?,14?/m0/s1. The van der Waals surface area contributed by atoms with Crippen LogP contribution in [0.5, 0.6) is 0 Å². The van der Waals surface area contributed by atoms with E-state index >= 15 is 0 Å². The second-order valence-electron chi connectivity index (χ2n) is 8.09. The van der Waals surface area contributed by atoms with E-state index in [1.165, 1.54) is 6.20 Å². The average molecular weight is 444 g/mol. The zero-order valence-electron chi connectivity index (χ0n) is 16.3. The largest absolute Gasteiger partial charge is 0.392 e. The average Bonchev–Trinajstić information content (AvgIpc) is 3.25. The predicted octanol–water partition coefficient (Wildman–Crippen LogP) is 2.68. The minimum Gasteiger partial charge on any atom is -0.341 e. The summed E-state index contributed by atoms with van der Waals surface area (Å²) in [4.78, 5) is 31.6. The van der Waals surface area contributed by atoms with E-state index in [9.17, 15) is 22.8 Å². The van der Waals surface area contributed by atoms with Gasteiger partial charge in [-0.05, 0) is 30.4 Å². The molecule has 2 aromatic rings. The first kappa shape index (κ1) is 20.9. The molecule has 0 aromatic carbocycles. The van der Waals surface area contributed by atoms with Crippen LogP contribution in [0.15, 0.2) is 23.1 Å². The number of pyridine rings is 1. The maximum absolute atomic E-state index is 13.5. The number of nitrogens with zero attached hydrogens (tertiary/aromatic N) is 5. The normalized spacial score (nSPS) is 24.2. The topological polar surface area (TPSA) is 73.0 Å². The third kappa shape index (κ3) is 3.97. The molecular weight excluding hydrogens is 423 g/mol. The Morgan fingerprint density at radius 3 is 2.70 bits per heavy atom. The molecule has 0 aliphatic carbocycles. The van der Waals surface area contributed by atoms with Gasteiger partial charge in [0.2, 0.25) is 5.91 Å². The Bertz CT molecular complexity index is 1000. The van der Waals surface area contributed by atoms with Crippen LogP contribution in [0.25, 0.3) is 0 Å². The van der Waals surface area contributed by atoms with Gasteiger partial charge in [0.25, 0.3) is 0 Å². The first-order valence-electron chi connectivity index (χ1n) is 9.77. The maximum Gasteiger partial charge on any atom is 0.392 e. The maximum atomic E-state index is 13.5. The SMILES string of the molecule is C[C@H]1CCN(C(=O)C2CC(C(F)(F)F)Cc3nn(Cc4ccc(Cl)nc4)c(=O)n32)C1. The lowest BCUT2D eigenvalue weighted by Crippen LogP contribution is -2.45. The van der Waals surface area contributed by atoms with E-state index in [0.717, 1.165) is 15.7 Å². The molecule has 0 bridgehead atoms. The molecule has 0 radical (unpaired) electrons. The highest BCUT2D eigenvalue weighted by molar-refractivity contribution is 6.29. The number of fused-ring (bicyclic) bond motifs is 1. The molecule has 1 fully saturated rings. The molecule has 1 amide bonds. The van der Waals surface area contributed by atoms with Crippen molar-refractivity contribution in [3.8, 4) is 0 Å². The second kappa shape index (κ2) is 7.72. The Morgan fingerprint density at radius 2 is 2.10 bits per heavy atom. The number of alkyl halides is 3. The molecular formula is C19H21ClF3N5O2. The van der Waals surface area contributed by atoms with Gasteiger partial charge in [0.1, 0.15) is 17.0 Å². The molecule has 2 aromatic heterocycles. The summed E-state index contributed by atoms with van der Waals surface area (Å²) in [7, 11) is 0. The number of carbonyl (C=O) groups is 1. The van der Waals surface area contributed by atoms with Crippen LogP contribution in [0.1, 0.15) is 37.2 Å². The summed E-state index contributed by atoms with van der Waals surface area (Å²) in [6.07, 6.45) is -3.08. The van der Waals surface area contributed by atoms with E-state index < -0.39 is 42.6 Å². The fraction of sp³-hybridized carbons (Fsp3) is 0.579. The fourth-order valence-corrected chi connectivity index (χ4v) is 4.29. The smallest absolute Gasteiger partial charge is 0.341 e. The van der Waals surface area contributed by atoms with Crippen molar-refractivity contribution in [1.29, 1.82) is 0 Å². The van der Waals surface area contributed by atoms with Gasteiger partial charge < -0.3 is 4.90 Å². The molecule has 2 unspecified atom stereocenters. The Kier molecular flexibility index (Phi) is 5.37. The van der Waals surface area contributed by atoms with Crippen LogP contribution in [-0.2, 0) is 17.8 Å². The summed E-state index contributed by atoms with van der Waals surface area (Å²) in [5.74, 6) is -1.89. The summed E-state index contributed by atoms with van der Waals surface area (Å²) in [5.41, 5.74) is 0.0340. The highest BCUT2D eigenvalue weighted by atomic mass is 35.5. The van der Waals surface area contributed by atoms with E-state index in [0.29, 0.717) is 18.7 Å². The Hall–Kier alpha value is -2.36. The highest BCUT2D eigenvalue weighted by Crippen LogP contribution is 2.39. The van der Waals surface area contributed by atoms with Gasteiger partial charge in [-0.2, -0.15) is 18.3 Å². The van der Waals surface area contributed by atoms with Gasteiger partial charge in [0.15, 0.2) is 0 Å². The van der Waals surface area contributed by atoms with Crippen molar-refractivity contribution in [1.82, 2.24) is 24.2 Å². The van der Waals surface area contributed by atoms with Crippen LogP contribution in [0, 0.1) is 11.8 Å². The number of rotatable bonds is 3. The summed E-state index contributed by atoms with van der Waals surface area (Å²) < 4.78 is 42.8. The van der Waals surface area contributed by atoms with Gasteiger partial charge in [0.05, 0.1) is 12.5 Å². The first-order valence-corrected chi connectivity index (χ1v) is 10.2. The predicted molar refractivity (Wildman–Crippen MR) is 102 cm³/mol. The van der Waals surface area contributed by atoms with E-state index in [1.807, 2.05) is 6.92 Å². The van der Waals surface area contributed by atoms with Crippen LogP contribution in [0.2, 0.25) is 5.15 Å². The van der Waals surface area contributed by atoms with Crippen LogP contribution in [0.3, 0.4) is 0 Å². The molecule has 2 aliphatic heterocycles. The van der Waals surface area contributed by atoms with Crippen LogP contribution in [0.4, 0.5) is 13.2 Å². The van der Waals surface area contributed by atoms with E-state index in [2.05, 4.69) is 10.1 Å². The summed E-state index contributed by atoms with van der Waals surface area (Å²) in [6.45, 7) is 2.99. The summed E-state index contributed by atoms with van der Waals surface area (Å²) >= 11 is 5.77. The van der Waals surface area contributed by atoms with Crippen LogP contribution < -0.4 is 5.69 Å². The number of amides is 1. The zero-order chi connectivity index (χ0) is 21.6. The second-order valence-corrected chi connectivity index (χ2v) is 8.48. The lowest BCUT2D eigenvalue weighted by molar-refractivity contribution is -0.183. The highest BCUT2D eigenvalue weighted by Gasteiger charge is 2.48. The Morgan fingerprint density at radius 1 is 1.33 bits per heavy atom. The quantitative estimate of drug-likeness (QED) is 0.684. The number of likely N-dealkylation sites (tertiary alicyclic amines) is 1. The van der Waals surface area contributed by atoms with Gasteiger partial charge >= 0.3 is 11.9 Å². The Balaban J connectivity index is 1.70. The van der Waals surface area contributed by atoms with Gasteiger partial charge in [-0.25, -0.2) is 14.5 Å². The molecule has 0 N–H and O–H groups in total. The van der Waals surface area contributed by atoms with Crippen molar-refractivity contribution < 1.29 is 18.0 Å². The number of halogens is 4. The molecule has 4 heterocycles. The lowest BCUT2D eigenvalue weighted by atomic mass is 9.91. The van der Waals surface area contributed by atoms with E-state index in [1.54, 1.807) is 17.0 Å². The number of carbonyl (C=O) groups excluding carboxylic acids is 1. The van der Waals surface area contributed by atoms with E-state index in [4.69, 9.17) is 11.6 Å². The van der Waals surface area contributed by atoms with Crippen molar-refractivity contribution in [2.24, 2.45) is 11.8 Å². The number of aromatic nitrogens is 4. The van der Waals surface area contributed by atoms with Crippen molar-refractivity contribution in [3.05, 3.63) is 45.4 Å². The first-order chi connectivity index (χ1) is 14.1. The van der Waals surface area contributed by atoms with Gasteiger partial charge in [-0.1, -0.05) is 24.6 Å². The van der Waals surface area contributed by atoms with Crippen LogP contribution >= 0.6 is 11.6 Å². The number of hydrogen-bond donors (Lipinski definition) is 0. The van der Waals surface area contributed by atoms with Gasteiger partial charge in [0, 0.05) is 25.7 Å². The molecule has 3 atom stereocenters. The molecule has 7 nitrogen and oxygen atoms in total. The van der Waals surface area contributed by atoms with Crippen molar-refractivity contribution >= 4 is 17.5 Å². The monoisotopic (exact) mass is 443 g/mol. The molecule has 0 saturated carbocycles. The summed E-state index contributed by atoms with van der Waals surface area (Å²) in [5, 5.41) is 4.43. The molecule has 30 heavy (non-hydrogen) atoms.